The second-order valence-corrected chi connectivity index (χ2v) is 5.71. The van der Waals surface area contributed by atoms with Gasteiger partial charge in [0.1, 0.15) is 18.5 Å². The quantitative estimate of drug-likeness (QED) is 0.810. The van der Waals surface area contributed by atoms with E-state index in [1.807, 2.05) is 19.4 Å². The molecule has 0 saturated carbocycles. The van der Waals surface area contributed by atoms with Crippen molar-refractivity contribution in [3.8, 4) is 5.75 Å². The zero-order chi connectivity index (χ0) is 15.9. The molecule has 1 heterocycles. The van der Waals surface area contributed by atoms with Crippen LogP contribution < -0.4 is 4.74 Å². The van der Waals surface area contributed by atoms with Gasteiger partial charge in [0, 0.05) is 36.9 Å². The molecule has 2 aromatic rings. The molecule has 22 heavy (non-hydrogen) atoms. The summed E-state index contributed by atoms with van der Waals surface area (Å²) < 4.78 is 7.35. The normalized spacial score (nSPS) is 12.6. The number of aryl methyl sites for hydroxylation is 1. The fourth-order valence-corrected chi connectivity index (χ4v) is 2.32. The van der Waals surface area contributed by atoms with Crippen LogP contribution in [0.2, 0.25) is 5.02 Å². The van der Waals surface area contributed by atoms with Gasteiger partial charge in [-0.2, -0.15) is 5.10 Å². The van der Waals surface area contributed by atoms with E-state index < -0.39 is 6.10 Å². The van der Waals surface area contributed by atoms with E-state index in [1.54, 1.807) is 28.9 Å². The van der Waals surface area contributed by atoms with Crippen LogP contribution in [0.1, 0.15) is 12.5 Å². The predicted octanol–water partition coefficient (Wildman–Crippen LogP) is 2.34. The molecule has 120 valence electrons. The highest BCUT2D eigenvalue weighted by Crippen LogP contribution is 2.15. The summed E-state index contributed by atoms with van der Waals surface area (Å²) in [6.07, 6.45) is 3.28. The number of hydrogen-bond acceptors (Lipinski definition) is 4. The molecule has 2 rings (SSSR count). The molecule has 6 heteroatoms. The lowest BCUT2D eigenvalue weighted by Crippen LogP contribution is -2.35. The molecule has 1 unspecified atom stereocenters. The van der Waals surface area contributed by atoms with Gasteiger partial charge in [0.25, 0.3) is 0 Å². The molecule has 0 spiro atoms. The van der Waals surface area contributed by atoms with Gasteiger partial charge in [-0.15, -0.1) is 0 Å². The summed E-state index contributed by atoms with van der Waals surface area (Å²) >= 11 is 5.82. The van der Waals surface area contributed by atoms with Gasteiger partial charge in [0.15, 0.2) is 0 Å². The Hall–Kier alpha value is -1.56. The van der Waals surface area contributed by atoms with Crippen molar-refractivity contribution in [1.82, 2.24) is 14.7 Å². The maximum absolute atomic E-state index is 10.1. The monoisotopic (exact) mass is 323 g/mol. The Kier molecular flexibility index (Phi) is 6.24. The first-order chi connectivity index (χ1) is 10.6. The highest BCUT2D eigenvalue weighted by atomic mass is 35.5. The Morgan fingerprint density at radius 3 is 2.68 bits per heavy atom. The van der Waals surface area contributed by atoms with Crippen molar-refractivity contribution in [1.29, 1.82) is 0 Å². The first-order valence-corrected chi connectivity index (χ1v) is 7.71. The van der Waals surface area contributed by atoms with E-state index in [1.165, 1.54) is 0 Å². The van der Waals surface area contributed by atoms with Crippen LogP contribution in [0.3, 0.4) is 0 Å². The molecule has 1 aromatic heterocycles. The smallest absolute Gasteiger partial charge is 0.119 e. The molecule has 1 N–H and O–H groups in total. The molecule has 0 saturated heterocycles. The molecule has 5 nitrogen and oxygen atoms in total. The van der Waals surface area contributed by atoms with Gasteiger partial charge in [-0.3, -0.25) is 9.58 Å². The Morgan fingerprint density at radius 1 is 1.36 bits per heavy atom. The van der Waals surface area contributed by atoms with Crippen molar-refractivity contribution in [3.63, 3.8) is 0 Å². The van der Waals surface area contributed by atoms with E-state index in [0.29, 0.717) is 17.3 Å². The largest absolute Gasteiger partial charge is 0.491 e. The Bertz CT molecular complexity index is 571. The van der Waals surface area contributed by atoms with Gasteiger partial charge in [-0.25, -0.2) is 0 Å². The number of halogens is 1. The van der Waals surface area contributed by atoms with Gasteiger partial charge in [0.05, 0.1) is 6.20 Å². The Labute approximate surface area is 136 Å². The second kappa shape index (κ2) is 8.17. The van der Waals surface area contributed by atoms with Gasteiger partial charge < -0.3 is 9.84 Å². The summed E-state index contributed by atoms with van der Waals surface area (Å²) in [4.78, 5) is 2.16. The fraction of sp³-hybridized carbons (Fsp3) is 0.438. The lowest BCUT2D eigenvalue weighted by atomic mass is 10.2. The third-order valence-corrected chi connectivity index (χ3v) is 3.59. The summed E-state index contributed by atoms with van der Waals surface area (Å²) in [7, 11) is 1.90. The number of hydrogen-bond donors (Lipinski definition) is 1. The summed E-state index contributed by atoms with van der Waals surface area (Å²) in [6.45, 7) is 4.50. The van der Waals surface area contributed by atoms with Gasteiger partial charge in [0.2, 0.25) is 0 Å². The van der Waals surface area contributed by atoms with E-state index in [-0.39, 0.29) is 6.61 Å². The van der Waals surface area contributed by atoms with Gasteiger partial charge in [-0.1, -0.05) is 18.5 Å². The fourth-order valence-electron chi connectivity index (χ4n) is 2.19. The molecule has 0 aliphatic heterocycles. The first kappa shape index (κ1) is 16.8. The van der Waals surface area contributed by atoms with Crippen molar-refractivity contribution in [2.45, 2.75) is 19.6 Å². The average Bonchev–Trinajstić information content (AvgIpc) is 2.91. The number of rotatable bonds is 8. The molecule has 0 amide bonds. The lowest BCUT2D eigenvalue weighted by molar-refractivity contribution is 0.0675. The molecular formula is C16H22ClN3O2. The lowest BCUT2D eigenvalue weighted by Gasteiger charge is -2.23. The molecule has 0 radical (unpaired) electrons. The van der Waals surface area contributed by atoms with Crippen LogP contribution in [0.15, 0.2) is 36.7 Å². The number of aliphatic hydroxyl groups excluding tert-OH is 1. The van der Waals surface area contributed by atoms with E-state index in [2.05, 4.69) is 16.9 Å². The Balaban J connectivity index is 1.78. The predicted molar refractivity (Wildman–Crippen MR) is 87.1 cm³/mol. The number of ether oxygens (including phenoxy) is 1. The molecule has 1 atom stereocenters. The molecular weight excluding hydrogens is 302 g/mol. The van der Waals surface area contributed by atoms with Crippen molar-refractivity contribution in [2.24, 2.45) is 7.05 Å². The number of aromatic nitrogens is 2. The van der Waals surface area contributed by atoms with Gasteiger partial charge in [-0.05, 0) is 30.8 Å². The number of likely N-dealkylation sites (N-methyl/N-ethyl adjacent to an activating group) is 1. The topological polar surface area (TPSA) is 50.5 Å². The highest BCUT2D eigenvalue weighted by Gasteiger charge is 2.12. The van der Waals surface area contributed by atoms with Crippen LogP contribution in [0, 0.1) is 0 Å². The second-order valence-electron chi connectivity index (χ2n) is 5.27. The van der Waals surface area contributed by atoms with E-state index in [9.17, 15) is 5.11 Å². The zero-order valence-corrected chi connectivity index (χ0v) is 13.7. The van der Waals surface area contributed by atoms with Gasteiger partial charge >= 0.3 is 0 Å². The van der Waals surface area contributed by atoms with E-state index in [4.69, 9.17) is 16.3 Å². The standard InChI is InChI=1S/C16H22ClN3O2/c1-3-20(10-13-8-18-19(2)9-13)11-15(21)12-22-16-6-4-14(17)5-7-16/h4-9,15,21H,3,10-12H2,1-2H3. The van der Waals surface area contributed by atoms with Crippen LogP contribution in [-0.2, 0) is 13.6 Å². The van der Waals surface area contributed by atoms with Crippen LogP contribution in [0.5, 0.6) is 5.75 Å². The summed E-state index contributed by atoms with van der Waals surface area (Å²) in [5.74, 6) is 0.707. The van der Waals surface area contributed by atoms with Crippen molar-refractivity contribution in [2.75, 3.05) is 19.7 Å². The van der Waals surface area contributed by atoms with Crippen LogP contribution in [-0.4, -0.2) is 45.6 Å². The maximum atomic E-state index is 10.1. The minimum Gasteiger partial charge on any atom is -0.491 e. The SMILES string of the molecule is CCN(Cc1cnn(C)c1)CC(O)COc1ccc(Cl)cc1. The van der Waals surface area contributed by atoms with Crippen LogP contribution in [0.25, 0.3) is 0 Å². The molecule has 0 fully saturated rings. The third-order valence-electron chi connectivity index (χ3n) is 3.34. The van der Waals surface area contributed by atoms with Crippen LogP contribution >= 0.6 is 11.6 Å². The molecule has 0 bridgehead atoms. The number of nitrogens with zero attached hydrogens (tertiary/aromatic N) is 3. The average molecular weight is 324 g/mol. The maximum Gasteiger partial charge on any atom is 0.119 e. The van der Waals surface area contributed by atoms with Crippen LogP contribution in [0.4, 0.5) is 0 Å². The molecule has 0 aliphatic carbocycles. The summed E-state index contributed by atoms with van der Waals surface area (Å²) in [5, 5.41) is 15.0. The van der Waals surface area contributed by atoms with E-state index in [0.717, 1.165) is 18.7 Å². The summed E-state index contributed by atoms with van der Waals surface area (Å²) in [6, 6.07) is 7.12. The minimum atomic E-state index is -0.549. The first-order valence-electron chi connectivity index (χ1n) is 7.33. The summed E-state index contributed by atoms with van der Waals surface area (Å²) in [5.41, 5.74) is 1.13. The molecule has 0 aliphatic rings. The minimum absolute atomic E-state index is 0.255. The van der Waals surface area contributed by atoms with Crippen molar-refractivity contribution >= 4 is 11.6 Å². The number of aliphatic hydroxyl groups is 1. The molecule has 1 aromatic carbocycles. The third kappa shape index (κ3) is 5.33. The van der Waals surface area contributed by atoms with E-state index >= 15 is 0 Å². The van der Waals surface area contributed by atoms with Crippen molar-refractivity contribution in [3.05, 3.63) is 47.2 Å². The highest BCUT2D eigenvalue weighted by molar-refractivity contribution is 6.30. The number of benzene rings is 1. The zero-order valence-electron chi connectivity index (χ0n) is 12.9. The van der Waals surface area contributed by atoms with Crippen molar-refractivity contribution < 1.29 is 9.84 Å². The Morgan fingerprint density at radius 2 is 2.09 bits per heavy atom.